The molecule has 0 fully saturated rings. The molecule has 0 saturated heterocycles. The number of carbonyl (C=O) groups is 3. The normalized spacial score (nSPS) is 18.6. The predicted molar refractivity (Wildman–Crippen MR) is 83.3 cm³/mol. The Bertz CT molecular complexity index is 875. The Morgan fingerprint density at radius 1 is 1.08 bits per heavy atom. The number of hydrogen-bond donors (Lipinski definition) is 0. The molecule has 25 heavy (non-hydrogen) atoms. The Labute approximate surface area is 141 Å². The van der Waals surface area contributed by atoms with Gasteiger partial charge >= 0.3 is 5.97 Å². The lowest BCUT2D eigenvalue weighted by atomic mass is 10.1. The van der Waals surface area contributed by atoms with Gasteiger partial charge in [0.25, 0.3) is 11.8 Å². The molecular formula is C17H11N3O5. The van der Waals surface area contributed by atoms with Gasteiger partial charge in [-0.2, -0.15) is 0 Å². The third-order valence-corrected chi connectivity index (χ3v) is 3.83. The van der Waals surface area contributed by atoms with Crippen molar-refractivity contribution < 1.29 is 24.1 Å². The number of aromatic nitrogens is 1. The fourth-order valence-corrected chi connectivity index (χ4v) is 2.59. The highest BCUT2D eigenvalue weighted by atomic mass is 16.7. The molecule has 0 aliphatic carbocycles. The van der Waals surface area contributed by atoms with E-state index in [-0.39, 0.29) is 17.5 Å². The predicted octanol–water partition coefficient (Wildman–Crippen LogP) is 1.33. The van der Waals surface area contributed by atoms with E-state index in [4.69, 9.17) is 9.68 Å². The van der Waals surface area contributed by atoms with Crippen LogP contribution in [-0.2, 0) is 14.5 Å². The first-order valence-corrected chi connectivity index (χ1v) is 7.49. The van der Waals surface area contributed by atoms with Crippen LogP contribution in [0.5, 0.6) is 0 Å². The maximum Gasteiger partial charge on any atom is 0.376 e. The molecule has 0 N–H and O–H groups in total. The van der Waals surface area contributed by atoms with Gasteiger partial charge < -0.3 is 9.68 Å². The number of hydroxylamine groups is 2. The zero-order chi connectivity index (χ0) is 17.4. The topological polar surface area (TPSA) is 98.2 Å². The van der Waals surface area contributed by atoms with Gasteiger partial charge in [0.15, 0.2) is 0 Å². The first kappa shape index (κ1) is 15.0. The lowest BCUT2D eigenvalue weighted by Gasteiger charge is -2.14. The van der Waals surface area contributed by atoms with Crippen LogP contribution in [0.15, 0.2) is 53.8 Å². The molecule has 8 heteroatoms. The molecule has 0 saturated carbocycles. The highest BCUT2D eigenvalue weighted by Crippen LogP contribution is 2.24. The summed E-state index contributed by atoms with van der Waals surface area (Å²) in [6.07, 6.45) is 0.697. The molecule has 3 heterocycles. The average Bonchev–Trinajstić information content (AvgIpc) is 3.23. The van der Waals surface area contributed by atoms with Crippen molar-refractivity contribution in [3.8, 4) is 0 Å². The molecule has 0 bridgehead atoms. The van der Waals surface area contributed by atoms with Crippen LogP contribution in [-0.4, -0.2) is 39.6 Å². The smallest absolute Gasteiger partial charge is 0.376 e. The van der Waals surface area contributed by atoms with Crippen molar-refractivity contribution in [2.45, 2.75) is 12.5 Å². The molecule has 2 aliphatic heterocycles. The van der Waals surface area contributed by atoms with E-state index >= 15 is 0 Å². The third-order valence-electron chi connectivity index (χ3n) is 3.83. The minimum Gasteiger partial charge on any atom is -0.380 e. The second kappa shape index (κ2) is 5.82. The van der Waals surface area contributed by atoms with E-state index in [2.05, 4.69) is 10.1 Å². The summed E-state index contributed by atoms with van der Waals surface area (Å²) in [6.45, 7) is 0. The second-order valence-corrected chi connectivity index (χ2v) is 5.41. The highest BCUT2D eigenvalue weighted by Gasteiger charge is 2.41. The van der Waals surface area contributed by atoms with E-state index in [1.54, 1.807) is 36.5 Å². The summed E-state index contributed by atoms with van der Waals surface area (Å²) in [5.41, 5.74) is 1.46. The summed E-state index contributed by atoms with van der Waals surface area (Å²) in [5.74, 6) is -2.24. The van der Waals surface area contributed by atoms with Gasteiger partial charge in [-0.1, -0.05) is 28.4 Å². The van der Waals surface area contributed by atoms with Gasteiger partial charge in [0.1, 0.15) is 5.71 Å². The van der Waals surface area contributed by atoms with Crippen molar-refractivity contribution in [2.24, 2.45) is 5.16 Å². The highest BCUT2D eigenvalue weighted by molar-refractivity contribution is 6.21. The van der Waals surface area contributed by atoms with Gasteiger partial charge in [0.05, 0.1) is 16.8 Å². The number of carbonyl (C=O) groups excluding carboxylic acids is 3. The largest absolute Gasteiger partial charge is 0.380 e. The van der Waals surface area contributed by atoms with Crippen LogP contribution in [0.25, 0.3) is 0 Å². The molecule has 1 aromatic carbocycles. The molecule has 2 aromatic rings. The summed E-state index contributed by atoms with van der Waals surface area (Å²) in [4.78, 5) is 50.8. The van der Waals surface area contributed by atoms with Crippen LogP contribution < -0.4 is 0 Å². The Hall–Kier alpha value is -3.55. The number of benzene rings is 1. The number of amides is 2. The first-order chi connectivity index (χ1) is 12.1. The van der Waals surface area contributed by atoms with Crippen LogP contribution in [0, 0.1) is 0 Å². The van der Waals surface area contributed by atoms with E-state index in [1.807, 2.05) is 0 Å². The fraction of sp³-hybridized carbons (Fsp3) is 0.118. The lowest BCUT2D eigenvalue weighted by Crippen LogP contribution is -2.37. The van der Waals surface area contributed by atoms with Gasteiger partial charge in [0, 0.05) is 12.6 Å². The van der Waals surface area contributed by atoms with Crippen LogP contribution in [0.4, 0.5) is 0 Å². The number of pyridine rings is 1. The second-order valence-electron chi connectivity index (χ2n) is 5.41. The number of imide groups is 1. The van der Waals surface area contributed by atoms with Crippen molar-refractivity contribution in [2.75, 3.05) is 0 Å². The number of nitrogens with zero attached hydrogens (tertiary/aromatic N) is 3. The van der Waals surface area contributed by atoms with Crippen LogP contribution in [0.3, 0.4) is 0 Å². The fourth-order valence-electron chi connectivity index (χ4n) is 2.59. The van der Waals surface area contributed by atoms with Crippen molar-refractivity contribution in [3.63, 3.8) is 0 Å². The van der Waals surface area contributed by atoms with Crippen molar-refractivity contribution in [1.29, 1.82) is 0 Å². The maximum atomic E-state index is 12.2. The minimum absolute atomic E-state index is 0.138. The summed E-state index contributed by atoms with van der Waals surface area (Å²) >= 11 is 0. The van der Waals surface area contributed by atoms with E-state index < -0.39 is 23.9 Å². The molecule has 1 atom stereocenters. The molecule has 0 radical (unpaired) electrons. The zero-order valence-corrected chi connectivity index (χ0v) is 12.8. The Morgan fingerprint density at radius 2 is 1.76 bits per heavy atom. The van der Waals surface area contributed by atoms with E-state index in [9.17, 15) is 14.4 Å². The molecule has 2 aliphatic rings. The van der Waals surface area contributed by atoms with Crippen LogP contribution in [0.2, 0.25) is 0 Å². The maximum absolute atomic E-state index is 12.2. The van der Waals surface area contributed by atoms with Gasteiger partial charge in [0.2, 0.25) is 6.10 Å². The number of fused-ring (bicyclic) bond motifs is 1. The quantitative estimate of drug-likeness (QED) is 0.784. The summed E-state index contributed by atoms with van der Waals surface area (Å²) in [5, 5.41) is 4.28. The molecule has 124 valence electrons. The molecule has 8 nitrogen and oxygen atoms in total. The van der Waals surface area contributed by atoms with E-state index in [0.29, 0.717) is 16.5 Å². The molecule has 4 rings (SSSR count). The summed E-state index contributed by atoms with van der Waals surface area (Å²) in [7, 11) is 0. The van der Waals surface area contributed by atoms with Gasteiger partial charge in [-0.25, -0.2) is 4.79 Å². The molecule has 2 amide bonds. The van der Waals surface area contributed by atoms with Gasteiger partial charge in [-0.05, 0) is 24.3 Å². The summed E-state index contributed by atoms with van der Waals surface area (Å²) in [6, 6.07) is 11.5. The Morgan fingerprint density at radius 3 is 2.40 bits per heavy atom. The average molecular weight is 337 g/mol. The van der Waals surface area contributed by atoms with Crippen molar-refractivity contribution >= 4 is 23.5 Å². The Balaban J connectivity index is 1.44. The van der Waals surface area contributed by atoms with E-state index in [1.165, 1.54) is 12.1 Å². The standard InChI is InChI=1S/C17H11N3O5/c21-15-10-5-1-2-6-11(10)16(22)20(15)25-17(23)14-9-13(19-24-14)12-7-3-4-8-18-12/h1-8,14H,9H2. The number of oxime groups is 1. The van der Waals surface area contributed by atoms with Crippen LogP contribution in [0.1, 0.15) is 32.8 Å². The zero-order valence-electron chi connectivity index (χ0n) is 12.8. The molecule has 1 aromatic heterocycles. The number of rotatable bonds is 3. The van der Waals surface area contributed by atoms with E-state index in [0.717, 1.165) is 0 Å². The molecular weight excluding hydrogens is 326 g/mol. The number of hydrogen-bond acceptors (Lipinski definition) is 7. The first-order valence-electron chi connectivity index (χ1n) is 7.49. The SMILES string of the molecule is O=C(ON1C(=O)c2ccccc2C1=O)C1CC(c2ccccn2)=NO1. The van der Waals surface area contributed by atoms with Gasteiger partial charge in [-0.3, -0.25) is 14.6 Å². The van der Waals surface area contributed by atoms with Crippen molar-refractivity contribution in [1.82, 2.24) is 10.0 Å². The molecule has 0 spiro atoms. The van der Waals surface area contributed by atoms with Gasteiger partial charge in [-0.15, -0.1) is 0 Å². The van der Waals surface area contributed by atoms with Crippen molar-refractivity contribution in [3.05, 3.63) is 65.5 Å². The lowest BCUT2D eigenvalue weighted by molar-refractivity contribution is -0.180. The summed E-state index contributed by atoms with van der Waals surface area (Å²) < 4.78 is 0. The molecule has 1 unspecified atom stereocenters. The third kappa shape index (κ3) is 2.53. The van der Waals surface area contributed by atoms with Crippen LogP contribution >= 0.6 is 0 Å². The minimum atomic E-state index is -1.04. The monoisotopic (exact) mass is 337 g/mol. The Kier molecular flexibility index (Phi) is 3.50.